The summed E-state index contributed by atoms with van der Waals surface area (Å²) in [4.78, 5) is 8.48. The Kier molecular flexibility index (Phi) is 4.57. The number of para-hydroxylation sites is 1. The standard InChI is InChI=1S/C20H19N5O2/c1-26-17-5-3-4-15(20(17)27-2)12-22-18-6-7-19-23-13-16(25(19)24-18)14-8-10-21-11-9-14/h3-11,13H,12H2,1-2H3,(H,22,24). The van der Waals surface area contributed by atoms with E-state index in [0.717, 1.165) is 28.3 Å². The summed E-state index contributed by atoms with van der Waals surface area (Å²) in [6.07, 6.45) is 5.32. The minimum Gasteiger partial charge on any atom is -0.493 e. The van der Waals surface area contributed by atoms with E-state index >= 15 is 0 Å². The molecule has 0 fully saturated rings. The Hall–Kier alpha value is -3.61. The molecule has 4 rings (SSSR count). The van der Waals surface area contributed by atoms with Gasteiger partial charge in [0, 0.05) is 30.1 Å². The molecule has 0 unspecified atom stereocenters. The van der Waals surface area contributed by atoms with Gasteiger partial charge in [0.15, 0.2) is 17.1 Å². The summed E-state index contributed by atoms with van der Waals surface area (Å²) in [6.45, 7) is 0.554. The number of hydrogen-bond donors (Lipinski definition) is 1. The van der Waals surface area contributed by atoms with Gasteiger partial charge in [-0.05, 0) is 30.3 Å². The van der Waals surface area contributed by atoms with Crippen molar-refractivity contribution in [2.45, 2.75) is 6.54 Å². The fourth-order valence-electron chi connectivity index (χ4n) is 2.97. The van der Waals surface area contributed by atoms with Gasteiger partial charge in [-0.1, -0.05) is 12.1 Å². The summed E-state index contributed by atoms with van der Waals surface area (Å²) in [7, 11) is 3.27. The molecule has 0 spiro atoms. The number of fused-ring (bicyclic) bond motifs is 1. The van der Waals surface area contributed by atoms with Gasteiger partial charge in [-0.3, -0.25) is 4.98 Å². The monoisotopic (exact) mass is 361 g/mol. The molecule has 0 amide bonds. The molecule has 3 heterocycles. The third-order valence-electron chi connectivity index (χ3n) is 4.28. The van der Waals surface area contributed by atoms with Crippen molar-refractivity contribution in [2.75, 3.05) is 19.5 Å². The molecule has 7 heteroatoms. The zero-order valence-electron chi connectivity index (χ0n) is 15.1. The average molecular weight is 361 g/mol. The van der Waals surface area contributed by atoms with Gasteiger partial charge in [-0.15, -0.1) is 5.10 Å². The van der Waals surface area contributed by atoms with E-state index in [1.807, 2.05) is 53.2 Å². The van der Waals surface area contributed by atoms with E-state index < -0.39 is 0 Å². The van der Waals surface area contributed by atoms with E-state index in [2.05, 4.69) is 20.4 Å². The summed E-state index contributed by atoms with van der Waals surface area (Å²) in [6, 6.07) is 13.5. The van der Waals surface area contributed by atoms with Gasteiger partial charge >= 0.3 is 0 Å². The largest absolute Gasteiger partial charge is 0.493 e. The van der Waals surface area contributed by atoms with Gasteiger partial charge < -0.3 is 14.8 Å². The predicted molar refractivity (Wildman–Crippen MR) is 103 cm³/mol. The van der Waals surface area contributed by atoms with E-state index in [-0.39, 0.29) is 0 Å². The number of methoxy groups -OCH3 is 2. The quantitative estimate of drug-likeness (QED) is 0.567. The normalized spacial score (nSPS) is 10.7. The summed E-state index contributed by atoms with van der Waals surface area (Å²) in [5.74, 6) is 2.16. The lowest BCUT2D eigenvalue weighted by molar-refractivity contribution is 0.352. The molecule has 1 N–H and O–H groups in total. The van der Waals surface area contributed by atoms with Crippen molar-refractivity contribution in [1.82, 2.24) is 19.6 Å². The molecule has 3 aromatic heterocycles. The third-order valence-corrected chi connectivity index (χ3v) is 4.28. The lowest BCUT2D eigenvalue weighted by Crippen LogP contribution is -2.06. The Bertz CT molecular complexity index is 1060. The van der Waals surface area contributed by atoms with Crippen LogP contribution in [0.2, 0.25) is 0 Å². The Balaban J connectivity index is 1.62. The first-order valence-corrected chi connectivity index (χ1v) is 8.49. The molecule has 0 radical (unpaired) electrons. The molecule has 0 atom stereocenters. The first kappa shape index (κ1) is 16.8. The maximum absolute atomic E-state index is 5.48. The van der Waals surface area contributed by atoms with Crippen LogP contribution in [0.15, 0.2) is 61.1 Å². The van der Waals surface area contributed by atoms with Crippen molar-refractivity contribution in [3.05, 3.63) is 66.6 Å². The molecule has 0 aliphatic carbocycles. The maximum atomic E-state index is 5.48. The highest BCUT2D eigenvalue weighted by atomic mass is 16.5. The predicted octanol–water partition coefficient (Wildman–Crippen LogP) is 3.42. The summed E-state index contributed by atoms with van der Waals surface area (Å²) in [5, 5.41) is 8.02. The van der Waals surface area contributed by atoms with E-state index in [1.54, 1.807) is 26.6 Å². The number of nitrogens with zero attached hydrogens (tertiary/aromatic N) is 4. The van der Waals surface area contributed by atoms with Gasteiger partial charge in [0.2, 0.25) is 0 Å². The van der Waals surface area contributed by atoms with Crippen molar-refractivity contribution in [2.24, 2.45) is 0 Å². The summed E-state index contributed by atoms with van der Waals surface area (Å²) in [5.41, 5.74) is 3.69. The number of nitrogens with one attached hydrogen (secondary N) is 1. The zero-order chi connectivity index (χ0) is 18.6. The minimum atomic E-state index is 0.554. The van der Waals surface area contributed by atoms with Crippen molar-refractivity contribution < 1.29 is 9.47 Å². The Labute approximate surface area is 156 Å². The number of anilines is 1. The van der Waals surface area contributed by atoms with Crippen molar-refractivity contribution in [3.63, 3.8) is 0 Å². The van der Waals surface area contributed by atoms with Gasteiger partial charge in [0.25, 0.3) is 0 Å². The molecule has 0 saturated carbocycles. The second kappa shape index (κ2) is 7.33. The molecule has 1 aromatic carbocycles. The molecule has 0 aliphatic rings. The number of pyridine rings is 1. The van der Waals surface area contributed by atoms with Gasteiger partial charge in [-0.25, -0.2) is 9.50 Å². The van der Waals surface area contributed by atoms with E-state index in [1.165, 1.54) is 0 Å². The molecule has 0 aliphatic heterocycles. The fourth-order valence-corrected chi connectivity index (χ4v) is 2.97. The maximum Gasteiger partial charge on any atom is 0.165 e. The highest BCUT2D eigenvalue weighted by Gasteiger charge is 2.11. The van der Waals surface area contributed by atoms with Crippen LogP contribution in [0.5, 0.6) is 11.5 Å². The Morgan fingerprint density at radius 1 is 1.00 bits per heavy atom. The van der Waals surface area contributed by atoms with E-state index in [9.17, 15) is 0 Å². The molecule has 7 nitrogen and oxygen atoms in total. The van der Waals surface area contributed by atoms with Gasteiger partial charge in [0.1, 0.15) is 5.82 Å². The number of rotatable bonds is 6. The molecule has 4 aromatic rings. The summed E-state index contributed by atoms with van der Waals surface area (Å²) >= 11 is 0. The van der Waals surface area contributed by atoms with Crippen LogP contribution in [-0.2, 0) is 6.54 Å². The number of aromatic nitrogens is 4. The SMILES string of the molecule is COc1cccc(CNc2ccc3ncc(-c4ccncc4)n3n2)c1OC. The lowest BCUT2D eigenvalue weighted by atomic mass is 10.2. The second-order valence-corrected chi connectivity index (χ2v) is 5.87. The molecular weight excluding hydrogens is 342 g/mol. The van der Waals surface area contributed by atoms with Crippen LogP contribution in [-0.4, -0.2) is 33.8 Å². The first-order valence-electron chi connectivity index (χ1n) is 8.49. The molecular formula is C20H19N5O2. The van der Waals surface area contributed by atoms with E-state index in [4.69, 9.17) is 9.47 Å². The average Bonchev–Trinajstić information content (AvgIpc) is 3.15. The number of hydrogen-bond acceptors (Lipinski definition) is 6. The van der Waals surface area contributed by atoms with Gasteiger partial charge in [-0.2, -0.15) is 0 Å². The lowest BCUT2D eigenvalue weighted by Gasteiger charge is -2.13. The molecule has 0 saturated heterocycles. The Morgan fingerprint density at radius 3 is 2.63 bits per heavy atom. The second-order valence-electron chi connectivity index (χ2n) is 5.87. The number of ether oxygens (including phenoxy) is 2. The topological polar surface area (TPSA) is 73.6 Å². The first-order chi connectivity index (χ1) is 13.3. The van der Waals surface area contributed by atoms with Crippen LogP contribution in [0.3, 0.4) is 0 Å². The van der Waals surface area contributed by atoms with Crippen molar-refractivity contribution in [3.8, 4) is 22.8 Å². The van der Waals surface area contributed by atoms with Crippen LogP contribution >= 0.6 is 0 Å². The van der Waals surface area contributed by atoms with Crippen LogP contribution in [0.1, 0.15) is 5.56 Å². The van der Waals surface area contributed by atoms with E-state index in [0.29, 0.717) is 18.0 Å². The van der Waals surface area contributed by atoms with Crippen molar-refractivity contribution in [1.29, 1.82) is 0 Å². The van der Waals surface area contributed by atoms with Gasteiger partial charge in [0.05, 0.1) is 26.1 Å². The third kappa shape index (κ3) is 3.27. The Morgan fingerprint density at radius 2 is 1.85 bits per heavy atom. The highest BCUT2D eigenvalue weighted by Crippen LogP contribution is 2.31. The highest BCUT2D eigenvalue weighted by molar-refractivity contribution is 5.63. The van der Waals surface area contributed by atoms with Crippen LogP contribution < -0.4 is 14.8 Å². The van der Waals surface area contributed by atoms with Crippen LogP contribution in [0.25, 0.3) is 16.9 Å². The number of imidazole rings is 1. The minimum absolute atomic E-state index is 0.554. The number of benzene rings is 1. The summed E-state index contributed by atoms with van der Waals surface area (Å²) < 4.78 is 12.7. The smallest absolute Gasteiger partial charge is 0.165 e. The fraction of sp³-hybridized carbons (Fsp3) is 0.150. The molecule has 27 heavy (non-hydrogen) atoms. The van der Waals surface area contributed by atoms with Crippen molar-refractivity contribution >= 4 is 11.5 Å². The van der Waals surface area contributed by atoms with Crippen LogP contribution in [0, 0.1) is 0 Å². The molecule has 0 bridgehead atoms. The van der Waals surface area contributed by atoms with Crippen LogP contribution in [0.4, 0.5) is 5.82 Å². The zero-order valence-corrected chi connectivity index (χ0v) is 15.1. The molecule has 136 valence electrons.